The smallest absolute Gasteiger partial charge is 0.0221 e. The van der Waals surface area contributed by atoms with Gasteiger partial charge in [-0.25, -0.2) is 0 Å². The maximum absolute atomic E-state index is 3.66. The summed E-state index contributed by atoms with van der Waals surface area (Å²) in [6.45, 7) is 12.8. The average molecular weight is 258 g/mol. The van der Waals surface area contributed by atoms with Crippen LogP contribution in [0.2, 0.25) is 0 Å². The van der Waals surface area contributed by atoms with E-state index in [0.29, 0.717) is 0 Å². The zero-order chi connectivity index (χ0) is 12.7. The summed E-state index contributed by atoms with van der Waals surface area (Å²) in [6, 6.07) is 0.764. The third-order valence-electron chi connectivity index (χ3n) is 3.34. The summed E-state index contributed by atoms with van der Waals surface area (Å²) in [7, 11) is 0. The van der Waals surface area contributed by atoms with Crippen LogP contribution in [-0.4, -0.2) is 47.6 Å². The molecule has 2 nitrogen and oxygen atoms in total. The Morgan fingerprint density at radius 3 is 2.71 bits per heavy atom. The van der Waals surface area contributed by atoms with Crippen molar-refractivity contribution in [1.82, 2.24) is 10.2 Å². The minimum atomic E-state index is 0.251. The van der Waals surface area contributed by atoms with E-state index in [4.69, 9.17) is 0 Å². The summed E-state index contributed by atoms with van der Waals surface area (Å²) in [5.41, 5.74) is 0.251. The van der Waals surface area contributed by atoms with Gasteiger partial charge in [0.05, 0.1) is 0 Å². The van der Waals surface area contributed by atoms with Crippen molar-refractivity contribution in [2.45, 2.75) is 58.5 Å². The second-order valence-electron chi connectivity index (χ2n) is 6.01. The van der Waals surface area contributed by atoms with E-state index in [1.807, 2.05) is 0 Å². The maximum atomic E-state index is 3.66. The van der Waals surface area contributed by atoms with Crippen LogP contribution < -0.4 is 5.32 Å². The van der Waals surface area contributed by atoms with E-state index in [2.05, 4.69) is 49.7 Å². The van der Waals surface area contributed by atoms with Gasteiger partial charge in [-0.05, 0) is 45.9 Å². The molecule has 0 radical (unpaired) electrons. The third kappa shape index (κ3) is 6.68. The summed E-state index contributed by atoms with van der Waals surface area (Å²) in [5, 5.41) is 3.66. The lowest BCUT2D eigenvalue weighted by atomic mass is 10.0. The standard InChI is InChI=1S/C14H30N2S/c1-5-17-11-10-16-9-7-6-8-13(16)12-15-14(2,3)4/h13,15H,5-12H2,1-4H3. The second-order valence-corrected chi connectivity index (χ2v) is 7.41. The number of thioether (sulfide) groups is 1. The van der Waals surface area contributed by atoms with Crippen molar-refractivity contribution >= 4 is 11.8 Å². The number of likely N-dealkylation sites (tertiary alicyclic amines) is 1. The van der Waals surface area contributed by atoms with Gasteiger partial charge in [-0.2, -0.15) is 11.8 Å². The quantitative estimate of drug-likeness (QED) is 0.737. The topological polar surface area (TPSA) is 15.3 Å². The number of hydrogen-bond acceptors (Lipinski definition) is 3. The highest BCUT2D eigenvalue weighted by atomic mass is 32.2. The second kappa shape index (κ2) is 7.65. The molecule has 1 N–H and O–H groups in total. The Morgan fingerprint density at radius 1 is 1.29 bits per heavy atom. The van der Waals surface area contributed by atoms with E-state index < -0.39 is 0 Å². The van der Waals surface area contributed by atoms with Gasteiger partial charge >= 0.3 is 0 Å². The lowest BCUT2D eigenvalue weighted by molar-refractivity contribution is 0.147. The first-order chi connectivity index (χ1) is 8.03. The molecule has 0 spiro atoms. The molecule has 0 aliphatic carbocycles. The van der Waals surface area contributed by atoms with Crippen molar-refractivity contribution in [1.29, 1.82) is 0 Å². The first-order valence-electron chi connectivity index (χ1n) is 7.10. The Kier molecular flexibility index (Phi) is 6.90. The molecule has 0 saturated carbocycles. The van der Waals surface area contributed by atoms with E-state index in [-0.39, 0.29) is 5.54 Å². The number of piperidine rings is 1. The van der Waals surface area contributed by atoms with Crippen LogP contribution in [-0.2, 0) is 0 Å². The molecule has 0 aromatic heterocycles. The molecule has 3 heteroatoms. The zero-order valence-electron chi connectivity index (χ0n) is 12.1. The summed E-state index contributed by atoms with van der Waals surface area (Å²) in [6.07, 6.45) is 4.18. The van der Waals surface area contributed by atoms with Gasteiger partial charge in [-0.1, -0.05) is 13.3 Å². The summed E-state index contributed by atoms with van der Waals surface area (Å²) < 4.78 is 0. The molecule has 1 aliphatic heterocycles. The van der Waals surface area contributed by atoms with Crippen LogP contribution in [0.5, 0.6) is 0 Å². The van der Waals surface area contributed by atoms with Crippen LogP contribution in [0.15, 0.2) is 0 Å². The van der Waals surface area contributed by atoms with E-state index in [9.17, 15) is 0 Å². The van der Waals surface area contributed by atoms with Crippen molar-refractivity contribution in [2.75, 3.05) is 31.1 Å². The molecule has 17 heavy (non-hydrogen) atoms. The number of nitrogens with one attached hydrogen (secondary N) is 1. The first-order valence-corrected chi connectivity index (χ1v) is 8.25. The minimum Gasteiger partial charge on any atom is -0.311 e. The minimum absolute atomic E-state index is 0.251. The molecule has 1 heterocycles. The Bertz CT molecular complexity index is 201. The lowest BCUT2D eigenvalue weighted by Crippen LogP contribution is -2.50. The first kappa shape index (κ1) is 15.3. The predicted octanol–water partition coefficient (Wildman–Crippen LogP) is 2.98. The molecule has 102 valence electrons. The molecule has 1 atom stereocenters. The van der Waals surface area contributed by atoms with Crippen LogP contribution in [0.1, 0.15) is 47.0 Å². The highest BCUT2D eigenvalue weighted by Crippen LogP contribution is 2.17. The summed E-state index contributed by atoms with van der Waals surface area (Å²) >= 11 is 2.07. The largest absolute Gasteiger partial charge is 0.311 e. The average Bonchev–Trinajstić information content (AvgIpc) is 2.27. The molecular formula is C14H30N2S. The van der Waals surface area contributed by atoms with Gasteiger partial charge in [0.1, 0.15) is 0 Å². The molecular weight excluding hydrogens is 228 g/mol. The molecule has 1 aliphatic rings. The Morgan fingerprint density at radius 2 is 2.06 bits per heavy atom. The fourth-order valence-electron chi connectivity index (χ4n) is 2.34. The van der Waals surface area contributed by atoms with Crippen LogP contribution in [0.3, 0.4) is 0 Å². The molecule has 0 amide bonds. The summed E-state index contributed by atoms with van der Waals surface area (Å²) in [4.78, 5) is 2.70. The van der Waals surface area contributed by atoms with E-state index >= 15 is 0 Å². The predicted molar refractivity (Wildman–Crippen MR) is 80.0 cm³/mol. The molecule has 0 aromatic rings. The maximum Gasteiger partial charge on any atom is 0.0221 e. The Labute approximate surface area is 112 Å². The monoisotopic (exact) mass is 258 g/mol. The molecule has 0 bridgehead atoms. The van der Waals surface area contributed by atoms with Crippen LogP contribution >= 0.6 is 11.8 Å². The number of nitrogens with zero attached hydrogens (tertiary/aromatic N) is 1. The van der Waals surface area contributed by atoms with Gasteiger partial charge in [0.15, 0.2) is 0 Å². The highest BCUT2D eigenvalue weighted by Gasteiger charge is 2.23. The van der Waals surface area contributed by atoms with E-state index in [1.54, 1.807) is 0 Å². The van der Waals surface area contributed by atoms with Crippen molar-refractivity contribution in [3.05, 3.63) is 0 Å². The fraction of sp³-hybridized carbons (Fsp3) is 1.00. The molecule has 1 saturated heterocycles. The molecule has 1 rings (SSSR count). The highest BCUT2D eigenvalue weighted by molar-refractivity contribution is 7.99. The SMILES string of the molecule is CCSCCN1CCCCC1CNC(C)(C)C. The summed E-state index contributed by atoms with van der Waals surface area (Å²) in [5.74, 6) is 2.54. The molecule has 1 fully saturated rings. The van der Waals surface area contributed by atoms with Crippen LogP contribution in [0.4, 0.5) is 0 Å². The Hall–Kier alpha value is 0.270. The van der Waals surface area contributed by atoms with Crippen molar-refractivity contribution in [3.63, 3.8) is 0 Å². The van der Waals surface area contributed by atoms with Gasteiger partial charge in [0.25, 0.3) is 0 Å². The van der Waals surface area contributed by atoms with Gasteiger partial charge in [0, 0.05) is 30.4 Å². The van der Waals surface area contributed by atoms with E-state index in [1.165, 1.54) is 43.9 Å². The van der Waals surface area contributed by atoms with Gasteiger partial charge in [-0.3, -0.25) is 4.90 Å². The van der Waals surface area contributed by atoms with Crippen LogP contribution in [0, 0.1) is 0 Å². The van der Waals surface area contributed by atoms with Crippen LogP contribution in [0.25, 0.3) is 0 Å². The lowest BCUT2D eigenvalue weighted by Gasteiger charge is -2.37. The van der Waals surface area contributed by atoms with E-state index in [0.717, 1.165) is 12.6 Å². The normalized spacial score (nSPS) is 22.9. The Balaban J connectivity index is 2.31. The van der Waals surface area contributed by atoms with Gasteiger partial charge in [0.2, 0.25) is 0 Å². The molecule has 1 unspecified atom stereocenters. The van der Waals surface area contributed by atoms with Gasteiger partial charge in [-0.15, -0.1) is 0 Å². The number of hydrogen-bond donors (Lipinski definition) is 1. The fourth-order valence-corrected chi connectivity index (χ4v) is 2.99. The van der Waals surface area contributed by atoms with Crippen molar-refractivity contribution in [3.8, 4) is 0 Å². The third-order valence-corrected chi connectivity index (χ3v) is 4.22. The zero-order valence-corrected chi connectivity index (χ0v) is 12.9. The van der Waals surface area contributed by atoms with Crippen molar-refractivity contribution in [2.24, 2.45) is 0 Å². The van der Waals surface area contributed by atoms with Gasteiger partial charge < -0.3 is 5.32 Å². The number of rotatable bonds is 6. The van der Waals surface area contributed by atoms with Crippen molar-refractivity contribution < 1.29 is 0 Å². The molecule has 0 aromatic carbocycles.